The maximum atomic E-state index is 13.3. The third kappa shape index (κ3) is 9.16. The Hall–Kier alpha value is -2.31. The molecule has 1 N–H and O–H groups in total. The van der Waals surface area contributed by atoms with Crippen LogP contribution >= 0.6 is 11.8 Å². The zero-order valence-corrected chi connectivity index (χ0v) is 24.1. The van der Waals surface area contributed by atoms with Gasteiger partial charge in [0, 0.05) is 5.56 Å². The van der Waals surface area contributed by atoms with E-state index in [9.17, 15) is 14.7 Å². The highest BCUT2D eigenvalue weighted by Crippen LogP contribution is 2.31. The zero-order chi connectivity index (χ0) is 27.3. The summed E-state index contributed by atoms with van der Waals surface area (Å²) in [5, 5.41) is 14.3. The summed E-state index contributed by atoms with van der Waals surface area (Å²) < 4.78 is 6.51. The van der Waals surface area contributed by atoms with Crippen molar-refractivity contribution in [3.8, 4) is 11.1 Å². The monoisotopic (exact) mass is 538 g/mol. The van der Waals surface area contributed by atoms with Gasteiger partial charge in [0.2, 0.25) is 0 Å². The normalized spacial score (nSPS) is 15.7. The van der Waals surface area contributed by atoms with Crippen molar-refractivity contribution < 1.29 is 19.4 Å². The van der Waals surface area contributed by atoms with Crippen LogP contribution in [0.4, 0.5) is 0 Å². The summed E-state index contributed by atoms with van der Waals surface area (Å²) in [5.74, 6) is -0.267. The Morgan fingerprint density at radius 3 is 2.53 bits per heavy atom. The summed E-state index contributed by atoms with van der Waals surface area (Å²) in [6, 6.07) is 12.7. The maximum absolute atomic E-state index is 13.3. The number of aliphatic carboxylic acids is 1. The van der Waals surface area contributed by atoms with Gasteiger partial charge in [0.05, 0.1) is 24.7 Å². The van der Waals surface area contributed by atoms with Gasteiger partial charge in [-0.15, -0.1) is 0 Å². The molecule has 0 radical (unpaired) electrons. The molecule has 0 unspecified atom stereocenters. The topological polar surface area (TPSA) is 78.5 Å². The first-order valence-electron chi connectivity index (χ1n) is 14.2. The molecule has 1 aliphatic carbocycles. The SMILES string of the molecule is CCCC[C@H](CC1CCCCC1)OCc1ccc(C(=O)N[C@@H](CCSC)C(=O)[O-])c(-c2ccccc2C)c1. The van der Waals surface area contributed by atoms with Gasteiger partial charge in [-0.3, -0.25) is 4.79 Å². The Morgan fingerprint density at radius 1 is 1.08 bits per heavy atom. The van der Waals surface area contributed by atoms with Gasteiger partial charge in [-0.1, -0.05) is 82.2 Å². The number of benzene rings is 2. The minimum atomic E-state index is -1.26. The third-order valence-corrected chi connectivity index (χ3v) is 8.29. The Bertz CT molecular complexity index is 1030. The Kier molecular flexibility index (Phi) is 12.7. The van der Waals surface area contributed by atoms with Crippen LogP contribution in [0.1, 0.15) is 92.6 Å². The summed E-state index contributed by atoms with van der Waals surface area (Å²) in [7, 11) is 0. The van der Waals surface area contributed by atoms with Crippen LogP contribution < -0.4 is 10.4 Å². The van der Waals surface area contributed by atoms with Crippen molar-refractivity contribution in [2.24, 2.45) is 5.92 Å². The maximum Gasteiger partial charge on any atom is 0.252 e. The molecule has 0 heterocycles. The van der Waals surface area contributed by atoms with Gasteiger partial charge in [-0.25, -0.2) is 0 Å². The van der Waals surface area contributed by atoms with Crippen LogP contribution in [0.3, 0.4) is 0 Å². The molecule has 0 aromatic heterocycles. The number of thioether (sulfide) groups is 1. The number of rotatable bonds is 15. The van der Waals surface area contributed by atoms with E-state index in [1.807, 2.05) is 49.6 Å². The van der Waals surface area contributed by atoms with E-state index >= 15 is 0 Å². The molecule has 0 saturated heterocycles. The fourth-order valence-corrected chi connectivity index (χ4v) is 5.88. The highest BCUT2D eigenvalue weighted by atomic mass is 32.2. The van der Waals surface area contributed by atoms with Gasteiger partial charge in [0.15, 0.2) is 0 Å². The average molecular weight is 539 g/mol. The van der Waals surface area contributed by atoms with E-state index in [0.29, 0.717) is 24.3 Å². The molecule has 0 bridgehead atoms. The van der Waals surface area contributed by atoms with Crippen LogP contribution in [-0.4, -0.2) is 36.0 Å². The minimum Gasteiger partial charge on any atom is -0.548 e. The lowest BCUT2D eigenvalue weighted by molar-refractivity contribution is -0.308. The Balaban J connectivity index is 1.82. The van der Waals surface area contributed by atoms with E-state index in [4.69, 9.17) is 4.74 Å². The molecule has 0 spiro atoms. The molecule has 1 saturated carbocycles. The molecule has 3 rings (SSSR count). The van der Waals surface area contributed by atoms with Crippen molar-refractivity contribution in [3.05, 3.63) is 59.2 Å². The number of hydrogen-bond donors (Lipinski definition) is 1. The molecular weight excluding hydrogens is 494 g/mol. The zero-order valence-electron chi connectivity index (χ0n) is 23.3. The van der Waals surface area contributed by atoms with E-state index in [0.717, 1.165) is 47.4 Å². The molecule has 1 aliphatic rings. The van der Waals surface area contributed by atoms with Crippen LogP contribution in [0.25, 0.3) is 11.1 Å². The van der Waals surface area contributed by atoms with E-state index in [1.54, 1.807) is 17.8 Å². The van der Waals surface area contributed by atoms with Crippen molar-refractivity contribution in [1.29, 1.82) is 0 Å². The summed E-state index contributed by atoms with van der Waals surface area (Å²) in [4.78, 5) is 25.0. The lowest BCUT2D eigenvalue weighted by Crippen LogP contribution is -2.48. The van der Waals surface area contributed by atoms with E-state index < -0.39 is 17.9 Å². The van der Waals surface area contributed by atoms with Crippen molar-refractivity contribution in [1.82, 2.24) is 5.32 Å². The first kappa shape index (κ1) is 30.2. The predicted octanol–water partition coefficient (Wildman–Crippen LogP) is 6.31. The third-order valence-electron chi connectivity index (χ3n) is 7.65. The van der Waals surface area contributed by atoms with Gasteiger partial charge < -0.3 is 20.0 Å². The fourth-order valence-electron chi connectivity index (χ4n) is 5.41. The summed E-state index contributed by atoms with van der Waals surface area (Å²) in [6.07, 6.45) is 13.7. The Morgan fingerprint density at radius 2 is 1.84 bits per heavy atom. The second-order valence-corrected chi connectivity index (χ2v) is 11.6. The van der Waals surface area contributed by atoms with Gasteiger partial charge in [0.25, 0.3) is 5.91 Å². The van der Waals surface area contributed by atoms with Crippen molar-refractivity contribution in [3.63, 3.8) is 0 Å². The number of aryl methyl sites for hydroxylation is 1. The fraction of sp³-hybridized carbons (Fsp3) is 0.562. The number of carbonyl (C=O) groups excluding carboxylic acids is 2. The number of ether oxygens (including phenoxy) is 1. The molecule has 2 aromatic rings. The van der Waals surface area contributed by atoms with Gasteiger partial charge >= 0.3 is 0 Å². The summed E-state index contributed by atoms with van der Waals surface area (Å²) >= 11 is 1.54. The number of carboxylic acids is 1. The Labute approximate surface area is 233 Å². The second kappa shape index (κ2) is 15.9. The first-order chi connectivity index (χ1) is 18.4. The number of nitrogens with one attached hydrogen (secondary N) is 1. The van der Waals surface area contributed by atoms with E-state index in [-0.39, 0.29) is 6.10 Å². The molecule has 5 nitrogen and oxygen atoms in total. The molecule has 0 aliphatic heterocycles. The highest BCUT2D eigenvalue weighted by molar-refractivity contribution is 7.98. The van der Waals surface area contributed by atoms with Gasteiger partial charge in [-0.05, 0) is 78.5 Å². The number of amides is 1. The lowest BCUT2D eigenvalue weighted by Gasteiger charge is -2.27. The molecule has 1 amide bonds. The average Bonchev–Trinajstić information content (AvgIpc) is 2.93. The molecular formula is C32H44NO4S-. The minimum absolute atomic E-state index is 0.253. The summed E-state index contributed by atoms with van der Waals surface area (Å²) in [5.41, 5.74) is 4.28. The van der Waals surface area contributed by atoms with Crippen LogP contribution in [-0.2, 0) is 16.1 Å². The quantitative estimate of drug-likeness (QED) is 0.288. The van der Waals surface area contributed by atoms with Crippen molar-refractivity contribution >= 4 is 23.6 Å². The standard InChI is InChI=1S/C32H45NO4S/c1-4-5-14-26(20-24-12-7-6-8-13-24)37-22-25-16-17-28(29(21-25)27-15-10-9-11-23(27)2)31(34)33-30(32(35)36)18-19-38-3/h9-11,15-17,21,24,26,30H,4-8,12-14,18-20,22H2,1-3H3,(H,33,34)(H,35,36)/p-1/t26-,30+/m1/s1. The second-order valence-electron chi connectivity index (χ2n) is 10.6. The van der Waals surface area contributed by atoms with Crippen LogP contribution in [0.5, 0.6) is 0 Å². The van der Waals surface area contributed by atoms with Crippen molar-refractivity contribution in [2.75, 3.05) is 12.0 Å². The molecule has 2 atom stereocenters. The smallest absolute Gasteiger partial charge is 0.252 e. The lowest BCUT2D eigenvalue weighted by atomic mass is 9.84. The largest absolute Gasteiger partial charge is 0.548 e. The van der Waals surface area contributed by atoms with Gasteiger partial charge in [0.1, 0.15) is 0 Å². The van der Waals surface area contributed by atoms with Crippen molar-refractivity contribution in [2.45, 2.75) is 96.8 Å². The molecule has 208 valence electrons. The number of hydrogen-bond acceptors (Lipinski definition) is 5. The molecule has 1 fully saturated rings. The molecule has 38 heavy (non-hydrogen) atoms. The first-order valence-corrected chi connectivity index (χ1v) is 15.6. The number of carbonyl (C=O) groups is 2. The van der Waals surface area contributed by atoms with Gasteiger partial charge in [-0.2, -0.15) is 11.8 Å². The van der Waals surface area contributed by atoms with Crippen LogP contribution in [0.15, 0.2) is 42.5 Å². The molecule has 2 aromatic carbocycles. The predicted molar refractivity (Wildman–Crippen MR) is 155 cm³/mol. The molecule has 6 heteroatoms. The number of unbranched alkanes of at least 4 members (excludes halogenated alkanes) is 1. The van der Waals surface area contributed by atoms with Crippen LogP contribution in [0.2, 0.25) is 0 Å². The van der Waals surface area contributed by atoms with E-state index in [2.05, 4.69) is 12.2 Å². The van der Waals surface area contributed by atoms with Crippen LogP contribution in [0, 0.1) is 12.8 Å². The summed E-state index contributed by atoms with van der Waals surface area (Å²) in [6.45, 7) is 4.74. The van der Waals surface area contributed by atoms with E-state index in [1.165, 1.54) is 38.5 Å². The number of carboxylic acid groups (broad SMARTS) is 1. The highest BCUT2D eigenvalue weighted by Gasteiger charge is 2.21.